The van der Waals surface area contributed by atoms with Gasteiger partial charge in [-0.05, 0) is 38.6 Å². The van der Waals surface area contributed by atoms with Crippen molar-refractivity contribution in [2.24, 2.45) is 5.41 Å². The zero-order chi connectivity index (χ0) is 13.2. The number of aryl methyl sites for hydroxylation is 1. The van der Waals surface area contributed by atoms with Gasteiger partial charge in [-0.25, -0.2) is 0 Å². The van der Waals surface area contributed by atoms with Gasteiger partial charge in [-0.3, -0.25) is 9.69 Å². The van der Waals surface area contributed by atoms with Gasteiger partial charge in [0.05, 0.1) is 12.5 Å². The molecular weight excluding hydrogens is 218 g/mol. The third-order valence-electron chi connectivity index (χ3n) is 2.89. The number of carboxylic acids is 1. The lowest BCUT2D eigenvalue weighted by Gasteiger charge is -2.36. The van der Waals surface area contributed by atoms with Gasteiger partial charge in [0.2, 0.25) is 0 Å². The third kappa shape index (κ3) is 3.33. The Kier molecular flexibility index (Phi) is 3.98. The van der Waals surface area contributed by atoms with Gasteiger partial charge in [0.25, 0.3) is 0 Å². The van der Waals surface area contributed by atoms with E-state index >= 15 is 0 Å². The van der Waals surface area contributed by atoms with E-state index in [0.717, 1.165) is 11.5 Å². The second kappa shape index (κ2) is 4.92. The van der Waals surface area contributed by atoms with E-state index in [1.54, 1.807) is 0 Å². The maximum atomic E-state index is 10.9. The highest BCUT2D eigenvalue weighted by molar-refractivity contribution is 5.67. The summed E-state index contributed by atoms with van der Waals surface area (Å²) in [7, 11) is 3.87. The van der Waals surface area contributed by atoms with Crippen LogP contribution in [0.2, 0.25) is 0 Å². The van der Waals surface area contributed by atoms with Crippen molar-refractivity contribution in [1.82, 2.24) is 4.90 Å². The first-order valence-electron chi connectivity index (χ1n) is 5.68. The van der Waals surface area contributed by atoms with Gasteiger partial charge in [-0.2, -0.15) is 0 Å². The van der Waals surface area contributed by atoms with Crippen LogP contribution in [0.25, 0.3) is 0 Å². The molecular formula is C13H21NO3. The van der Waals surface area contributed by atoms with Crippen LogP contribution in [0.1, 0.15) is 37.8 Å². The highest BCUT2D eigenvalue weighted by atomic mass is 16.4. The van der Waals surface area contributed by atoms with Crippen LogP contribution in [-0.4, -0.2) is 30.1 Å². The van der Waals surface area contributed by atoms with Crippen LogP contribution < -0.4 is 0 Å². The van der Waals surface area contributed by atoms with Crippen LogP contribution in [0.5, 0.6) is 0 Å². The predicted molar refractivity (Wildman–Crippen MR) is 65.9 cm³/mol. The summed E-state index contributed by atoms with van der Waals surface area (Å²) in [5.74, 6) is 0.877. The second-order valence-electron chi connectivity index (χ2n) is 5.37. The molecule has 0 saturated carbocycles. The Morgan fingerprint density at radius 3 is 2.41 bits per heavy atom. The predicted octanol–water partition coefficient (Wildman–Crippen LogP) is 2.69. The topological polar surface area (TPSA) is 53.7 Å². The molecule has 0 radical (unpaired) electrons. The van der Waals surface area contributed by atoms with Crippen molar-refractivity contribution in [3.63, 3.8) is 0 Å². The molecule has 1 heterocycles. The summed E-state index contributed by atoms with van der Waals surface area (Å²) in [6.45, 7) is 5.79. The van der Waals surface area contributed by atoms with Crippen molar-refractivity contribution in [1.29, 1.82) is 0 Å². The first-order chi connectivity index (χ1) is 7.74. The highest BCUT2D eigenvalue weighted by Gasteiger charge is 2.36. The molecule has 0 fully saturated rings. The Morgan fingerprint density at radius 2 is 2.06 bits per heavy atom. The summed E-state index contributed by atoms with van der Waals surface area (Å²) in [6, 6.07) is 3.78. The minimum atomic E-state index is -0.787. The minimum Gasteiger partial charge on any atom is -0.481 e. The quantitative estimate of drug-likeness (QED) is 0.858. The zero-order valence-corrected chi connectivity index (χ0v) is 11.2. The molecule has 1 aromatic rings. The molecule has 4 nitrogen and oxygen atoms in total. The normalized spacial score (nSPS) is 14.0. The van der Waals surface area contributed by atoms with E-state index in [0.29, 0.717) is 0 Å². The van der Waals surface area contributed by atoms with Crippen LogP contribution in [0, 0.1) is 12.3 Å². The van der Waals surface area contributed by atoms with E-state index in [9.17, 15) is 4.79 Å². The average molecular weight is 239 g/mol. The molecule has 0 spiro atoms. The summed E-state index contributed by atoms with van der Waals surface area (Å²) in [5, 5.41) is 8.98. The van der Waals surface area contributed by atoms with Crippen LogP contribution >= 0.6 is 0 Å². The zero-order valence-electron chi connectivity index (χ0n) is 11.2. The number of furan rings is 1. The van der Waals surface area contributed by atoms with E-state index < -0.39 is 5.97 Å². The van der Waals surface area contributed by atoms with Crippen molar-refractivity contribution >= 4 is 5.97 Å². The Bertz CT molecular complexity index is 393. The number of carboxylic acid groups (broad SMARTS) is 1. The number of aliphatic carboxylic acids is 1. The van der Waals surface area contributed by atoms with Crippen molar-refractivity contribution in [3.05, 3.63) is 23.7 Å². The molecule has 1 unspecified atom stereocenters. The van der Waals surface area contributed by atoms with Gasteiger partial charge < -0.3 is 9.52 Å². The van der Waals surface area contributed by atoms with Gasteiger partial charge in [0.1, 0.15) is 11.5 Å². The van der Waals surface area contributed by atoms with Crippen molar-refractivity contribution in [2.45, 2.75) is 33.2 Å². The van der Waals surface area contributed by atoms with Gasteiger partial charge in [-0.15, -0.1) is 0 Å². The molecule has 0 aromatic carbocycles. The molecule has 4 heteroatoms. The Labute approximate surface area is 102 Å². The smallest absolute Gasteiger partial charge is 0.303 e. The molecule has 0 amide bonds. The Morgan fingerprint density at radius 1 is 1.47 bits per heavy atom. The summed E-state index contributed by atoms with van der Waals surface area (Å²) < 4.78 is 5.64. The Hall–Kier alpha value is -1.29. The van der Waals surface area contributed by atoms with Crippen molar-refractivity contribution < 1.29 is 14.3 Å². The van der Waals surface area contributed by atoms with Gasteiger partial charge in [-0.1, -0.05) is 13.8 Å². The van der Waals surface area contributed by atoms with E-state index in [1.165, 1.54) is 0 Å². The highest BCUT2D eigenvalue weighted by Crippen LogP contribution is 2.40. The van der Waals surface area contributed by atoms with E-state index in [2.05, 4.69) is 0 Å². The van der Waals surface area contributed by atoms with E-state index in [1.807, 2.05) is 51.9 Å². The molecule has 0 bridgehead atoms. The fourth-order valence-corrected chi connectivity index (χ4v) is 2.43. The number of nitrogens with zero attached hydrogens (tertiary/aromatic N) is 1. The summed E-state index contributed by atoms with van der Waals surface area (Å²) in [6.07, 6.45) is 0.107. The molecule has 0 saturated heterocycles. The molecule has 1 aromatic heterocycles. The lowest BCUT2D eigenvalue weighted by atomic mass is 9.79. The lowest BCUT2D eigenvalue weighted by Crippen LogP contribution is -2.35. The summed E-state index contributed by atoms with van der Waals surface area (Å²) in [4.78, 5) is 12.9. The first kappa shape index (κ1) is 13.8. The van der Waals surface area contributed by atoms with Crippen molar-refractivity contribution in [2.75, 3.05) is 14.1 Å². The lowest BCUT2D eigenvalue weighted by molar-refractivity contribution is -0.140. The fraction of sp³-hybridized carbons (Fsp3) is 0.615. The Balaban J connectivity index is 3.05. The molecule has 1 atom stereocenters. The summed E-state index contributed by atoms with van der Waals surface area (Å²) in [5.41, 5.74) is -0.389. The molecule has 0 aliphatic rings. The van der Waals surface area contributed by atoms with Crippen LogP contribution in [-0.2, 0) is 4.79 Å². The van der Waals surface area contributed by atoms with Gasteiger partial charge in [0, 0.05) is 0 Å². The second-order valence-corrected chi connectivity index (χ2v) is 5.37. The molecule has 96 valence electrons. The SMILES string of the molecule is Cc1ccc(C(N(C)C)C(C)(C)CC(=O)O)o1. The van der Waals surface area contributed by atoms with Crippen LogP contribution in [0.3, 0.4) is 0 Å². The molecule has 1 rings (SSSR count). The van der Waals surface area contributed by atoms with Crippen LogP contribution in [0.4, 0.5) is 0 Å². The number of hydrogen-bond donors (Lipinski definition) is 1. The number of carbonyl (C=O) groups is 1. The number of hydrogen-bond acceptors (Lipinski definition) is 3. The monoisotopic (exact) mass is 239 g/mol. The molecule has 0 aliphatic carbocycles. The standard InChI is InChI=1S/C13H21NO3/c1-9-6-7-10(17-9)12(14(4)5)13(2,3)8-11(15)16/h6-7,12H,8H2,1-5H3,(H,15,16). The summed E-state index contributed by atoms with van der Waals surface area (Å²) >= 11 is 0. The van der Waals surface area contributed by atoms with E-state index in [-0.39, 0.29) is 17.9 Å². The minimum absolute atomic E-state index is 0.0488. The third-order valence-corrected chi connectivity index (χ3v) is 2.89. The maximum Gasteiger partial charge on any atom is 0.303 e. The maximum absolute atomic E-state index is 10.9. The van der Waals surface area contributed by atoms with E-state index in [4.69, 9.17) is 9.52 Å². The van der Waals surface area contributed by atoms with Crippen molar-refractivity contribution in [3.8, 4) is 0 Å². The number of rotatable bonds is 5. The van der Waals surface area contributed by atoms with Gasteiger partial charge in [0.15, 0.2) is 0 Å². The fourth-order valence-electron chi connectivity index (χ4n) is 2.43. The average Bonchev–Trinajstić information content (AvgIpc) is 2.47. The largest absolute Gasteiger partial charge is 0.481 e. The van der Waals surface area contributed by atoms with Crippen LogP contribution in [0.15, 0.2) is 16.5 Å². The van der Waals surface area contributed by atoms with Gasteiger partial charge >= 0.3 is 5.97 Å². The first-order valence-corrected chi connectivity index (χ1v) is 5.68. The molecule has 17 heavy (non-hydrogen) atoms. The molecule has 1 N–H and O–H groups in total. The molecule has 0 aliphatic heterocycles.